The average molecular weight is 544 g/mol. The van der Waals surface area contributed by atoms with Crippen LogP contribution in [0.1, 0.15) is 51.0 Å². The summed E-state index contributed by atoms with van der Waals surface area (Å²) in [6.45, 7) is 10.2. The lowest BCUT2D eigenvalue weighted by molar-refractivity contribution is 0.0824. The van der Waals surface area contributed by atoms with Gasteiger partial charge in [0.1, 0.15) is 0 Å². The Bertz CT molecular complexity index is 640. The van der Waals surface area contributed by atoms with Crippen LogP contribution in [0, 0.1) is 0 Å². The number of likely N-dealkylation sites (tertiary alicyclic amines) is 1. The first-order valence-corrected chi connectivity index (χ1v) is 11.9. The number of aliphatic imine (C=N–C) groups is 1. The molecule has 2 fully saturated rings. The third kappa shape index (κ3) is 8.77. The van der Waals surface area contributed by atoms with Gasteiger partial charge in [-0.05, 0) is 69.7 Å². The van der Waals surface area contributed by atoms with Crippen molar-refractivity contribution < 1.29 is 5.11 Å². The minimum absolute atomic E-state index is 0. The molecule has 176 valence electrons. The second-order valence-electron chi connectivity index (χ2n) is 8.73. The summed E-state index contributed by atoms with van der Waals surface area (Å²) in [5, 5.41) is 13.1. The van der Waals surface area contributed by atoms with Crippen LogP contribution in [0.3, 0.4) is 0 Å². The van der Waals surface area contributed by atoms with Crippen LogP contribution in [0.5, 0.6) is 0 Å². The quantitative estimate of drug-likeness (QED) is 0.228. The van der Waals surface area contributed by atoms with Crippen LogP contribution < -0.4 is 10.2 Å². The second kappa shape index (κ2) is 14.2. The summed E-state index contributed by atoms with van der Waals surface area (Å²) in [5.74, 6) is 0.978. The lowest BCUT2D eigenvalue weighted by Gasteiger charge is -2.29. The van der Waals surface area contributed by atoms with Gasteiger partial charge < -0.3 is 25.1 Å². The molecule has 0 saturated carbocycles. The summed E-state index contributed by atoms with van der Waals surface area (Å²) < 4.78 is 0. The van der Waals surface area contributed by atoms with Gasteiger partial charge in [-0.25, -0.2) is 0 Å². The molecule has 0 amide bonds. The molecule has 3 rings (SSSR count). The van der Waals surface area contributed by atoms with Crippen molar-refractivity contribution in [3.8, 4) is 0 Å². The Balaban J connectivity index is 0.00000341. The van der Waals surface area contributed by atoms with Crippen molar-refractivity contribution in [3.05, 3.63) is 29.8 Å². The van der Waals surface area contributed by atoms with E-state index in [4.69, 9.17) is 4.99 Å². The van der Waals surface area contributed by atoms with E-state index in [0.717, 1.165) is 64.5 Å². The normalized spacial score (nSPS) is 18.5. The van der Waals surface area contributed by atoms with Crippen molar-refractivity contribution in [2.75, 3.05) is 57.8 Å². The maximum atomic E-state index is 9.63. The third-order valence-electron chi connectivity index (χ3n) is 6.22. The largest absolute Gasteiger partial charge is 0.393 e. The molecule has 0 radical (unpaired) electrons. The molecule has 2 saturated heterocycles. The monoisotopic (exact) mass is 543 g/mol. The van der Waals surface area contributed by atoms with Crippen molar-refractivity contribution in [3.63, 3.8) is 0 Å². The standard InChI is InChI=1S/C24H41N5O.HI/c1-3-25-24(26-14-7-15-28-18-12-23(30)13-19-28)27(2)20-21-8-10-22(11-9-21)29-16-5-4-6-17-29;/h8-11,23,30H,3-7,12-20H2,1-2H3,(H,25,26);1H. The van der Waals surface area contributed by atoms with E-state index < -0.39 is 0 Å². The lowest BCUT2D eigenvalue weighted by atomic mass is 10.1. The molecule has 6 nitrogen and oxygen atoms in total. The van der Waals surface area contributed by atoms with Gasteiger partial charge in [0, 0.05) is 58.5 Å². The number of benzene rings is 1. The van der Waals surface area contributed by atoms with E-state index in [1.54, 1.807) is 0 Å². The van der Waals surface area contributed by atoms with Crippen LogP contribution in [0.2, 0.25) is 0 Å². The number of hydrogen-bond acceptors (Lipinski definition) is 4. The lowest BCUT2D eigenvalue weighted by Crippen LogP contribution is -2.39. The highest BCUT2D eigenvalue weighted by Crippen LogP contribution is 2.20. The van der Waals surface area contributed by atoms with Crippen molar-refractivity contribution in [2.24, 2.45) is 4.99 Å². The van der Waals surface area contributed by atoms with Crippen LogP contribution in [0.4, 0.5) is 5.69 Å². The first-order chi connectivity index (χ1) is 14.7. The summed E-state index contributed by atoms with van der Waals surface area (Å²) in [6, 6.07) is 9.06. The van der Waals surface area contributed by atoms with E-state index in [2.05, 4.69) is 58.3 Å². The molecule has 0 unspecified atom stereocenters. The Morgan fingerprint density at radius 2 is 1.77 bits per heavy atom. The number of rotatable bonds is 8. The number of nitrogens with one attached hydrogen (secondary N) is 1. The van der Waals surface area contributed by atoms with Gasteiger partial charge in [-0.2, -0.15) is 0 Å². The van der Waals surface area contributed by atoms with E-state index in [9.17, 15) is 5.11 Å². The van der Waals surface area contributed by atoms with Crippen LogP contribution >= 0.6 is 24.0 Å². The number of anilines is 1. The van der Waals surface area contributed by atoms with Crippen molar-refractivity contribution in [1.82, 2.24) is 15.1 Å². The molecule has 2 N–H and O–H groups in total. The Labute approximate surface area is 206 Å². The maximum absolute atomic E-state index is 9.63. The van der Waals surface area contributed by atoms with Crippen LogP contribution in [-0.2, 0) is 6.54 Å². The average Bonchev–Trinajstić information content (AvgIpc) is 2.78. The number of aliphatic hydroxyl groups is 1. The van der Waals surface area contributed by atoms with Crippen LogP contribution in [0.15, 0.2) is 29.3 Å². The van der Waals surface area contributed by atoms with Crippen molar-refractivity contribution in [1.29, 1.82) is 0 Å². The smallest absolute Gasteiger partial charge is 0.193 e. The Morgan fingerprint density at radius 3 is 2.42 bits per heavy atom. The molecule has 2 aliphatic rings. The Hall–Kier alpha value is -1.06. The molecule has 1 aromatic rings. The maximum Gasteiger partial charge on any atom is 0.193 e. The summed E-state index contributed by atoms with van der Waals surface area (Å²) in [6.07, 6.45) is 6.77. The van der Waals surface area contributed by atoms with Gasteiger partial charge in [0.2, 0.25) is 0 Å². The molecule has 2 heterocycles. The van der Waals surface area contributed by atoms with Crippen molar-refractivity contribution in [2.45, 2.75) is 58.1 Å². The first kappa shape index (κ1) is 26.2. The molecule has 0 aromatic heterocycles. The molecule has 1 aromatic carbocycles. The van der Waals surface area contributed by atoms with Crippen LogP contribution in [0.25, 0.3) is 0 Å². The molecule has 7 heteroatoms. The molecule has 0 atom stereocenters. The highest BCUT2D eigenvalue weighted by Gasteiger charge is 2.16. The fourth-order valence-corrected chi connectivity index (χ4v) is 4.40. The highest BCUT2D eigenvalue weighted by molar-refractivity contribution is 14.0. The van der Waals surface area contributed by atoms with Gasteiger partial charge in [-0.1, -0.05) is 12.1 Å². The number of hydrogen-bond donors (Lipinski definition) is 2. The van der Waals surface area contributed by atoms with Gasteiger partial charge in [-0.15, -0.1) is 24.0 Å². The first-order valence-electron chi connectivity index (χ1n) is 11.9. The molecular formula is C24H42IN5O. The third-order valence-corrected chi connectivity index (χ3v) is 6.22. The highest BCUT2D eigenvalue weighted by atomic mass is 127. The summed E-state index contributed by atoms with van der Waals surface area (Å²) in [4.78, 5) is 12.0. The fourth-order valence-electron chi connectivity index (χ4n) is 4.40. The molecular weight excluding hydrogens is 501 g/mol. The number of nitrogens with zero attached hydrogens (tertiary/aromatic N) is 4. The summed E-state index contributed by atoms with van der Waals surface area (Å²) in [5.41, 5.74) is 2.67. The topological polar surface area (TPSA) is 54.3 Å². The van der Waals surface area contributed by atoms with E-state index in [0.29, 0.717) is 0 Å². The van der Waals surface area contributed by atoms with Gasteiger partial charge in [0.25, 0.3) is 0 Å². The van der Waals surface area contributed by atoms with Gasteiger partial charge in [-0.3, -0.25) is 4.99 Å². The molecule has 0 aliphatic carbocycles. The number of halogens is 1. The number of guanidine groups is 1. The Kier molecular flexibility index (Phi) is 12.0. The second-order valence-corrected chi connectivity index (χ2v) is 8.73. The predicted molar refractivity (Wildman–Crippen MR) is 142 cm³/mol. The number of aliphatic hydroxyl groups excluding tert-OH is 1. The van der Waals surface area contributed by atoms with E-state index in [1.807, 2.05) is 0 Å². The zero-order valence-corrected chi connectivity index (χ0v) is 21.8. The molecule has 0 bridgehead atoms. The summed E-state index contributed by atoms with van der Waals surface area (Å²) >= 11 is 0. The van der Waals surface area contributed by atoms with Gasteiger partial charge in [0.05, 0.1) is 6.10 Å². The molecule has 31 heavy (non-hydrogen) atoms. The summed E-state index contributed by atoms with van der Waals surface area (Å²) in [7, 11) is 2.12. The van der Waals surface area contributed by atoms with Gasteiger partial charge in [0.15, 0.2) is 5.96 Å². The minimum atomic E-state index is -0.0952. The Morgan fingerprint density at radius 1 is 1.10 bits per heavy atom. The van der Waals surface area contributed by atoms with E-state index >= 15 is 0 Å². The molecule has 0 spiro atoms. The van der Waals surface area contributed by atoms with E-state index in [1.165, 1.54) is 43.6 Å². The zero-order valence-electron chi connectivity index (χ0n) is 19.4. The SMILES string of the molecule is CCNC(=NCCCN1CCC(O)CC1)N(C)Cc1ccc(N2CCCCC2)cc1.I. The predicted octanol–water partition coefficient (Wildman–Crippen LogP) is 3.54. The minimum Gasteiger partial charge on any atom is -0.393 e. The fraction of sp³-hybridized carbons (Fsp3) is 0.708. The van der Waals surface area contributed by atoms with Gasteiger partial charge >= 0.3 is 0 Å². The number of piperidine rings is 2. The zero-order chi connectivity index (χ0) is 21.2. The van der Waals surface area contributed by atoms with Crippen molar-refractivity contribution >= 4 is 35.6 Å². The van der Waals surface area contributed by atoms with E-state index in [-0.39, 0.29) is 30.1 Å². The van der Waals surface area contributed by atoms with Crippen LogP contribution in [-0.4, -0.2) is 79.8 Å². The molecule has 2 aliphatic heterocycles.